The van der Waals surface area contributed by atoms with Crippen LogP contribution >= 0.6 is 11.8 Å². The lowest BCUT2D eigenvalue weighted by Gasteiger charge is -2.10. The second-order valence-electron chi connectivity index (χ2n) is 4.77. The number of rotatable bonds is 7. The van der Waals surface area contributed by atoms with Crippen LogP contribution in [0, 0.1) is 0 Å². The van der Waals surface area contributed by atoms with E-state index in [1.165, 1.54) is 16.8 Å². The summed E-state index contributed by atoms with van der Waals surface area (Å²) in [6, 6.07) is 1.06. The van der Waals surface area contributed by atoms with Crippen molar-refractivity contribution in [2.24, 2.45) is 0 Å². The Hall–Kier alpha value is -0.990. The maximum Gasteiger partial charge on any atom is 0.352 e. The SMILES string of the molecule is CSC(C)CNS(=O)(=O)c1cc(C(=O)O)n(C(C)C)c1. The summed E-state index contributed by atoms with van der Waals surface area (Å²) < 4.78 is 28.2. The quantitative estimate of drug-likeness (QED) is 0.800. The van der Waals surface area contributed by atoms with Crippen molar-refractivity contribution in [2.45, 2.75) is 37.0 Å². The number of aromatic nitrogens is 1. The molecule has 0 radical (unpaired) electrons. The highest BCUT2D eigenvalue weighted by Crippen LogP contribution is 2.19. The van der Waals surface area contributed by atoms with Crippen LogP contribution in [0.4, 0.5) is 0 Å². The molecule has 1 heterocycles. The number of nitrogens with zero attached hydrogens (tertiary/aromatic N) is 1. The first-order valence-corrected chi connectivity index (χ1v) is 8.93. The Morgan fingerprint density at radius 2 is 2.05 bits per heavy atom. The second-order valence-corrected chi connectivity index (χ2v) is 7.81. The number of aromatic carboxylic acids is 1. The molecular weight excluding hydrogens is 300 g/mol. The first kappa shape index (κ1) is 17.1. The van der Waals surface area contributed by atoms with Crippen molar-refractivity contribution in [2.75, 3.05) is 12.8 Å². The lowest BCUT2D eigenvalue weighted by molar-refractivity contribution is 0.0683. The van der Waals surface area contributed by atoms with Gasteiger partial charge in [0.05, 0.1) is 0 Å². The summed E-state index contributed by atoms with van der Waals surface area (Å²) in [5, 5.41) is 9.26. The first-order valence-electron chi connectivity index (χ1n) is 6.16. The largest absolute Gasteiger partial charge is 0.477 e. The van der Waals surface area contributed by atoms with Crippen LogP contribution in [0.5, 0.6) is 0 Å². The molecule has 0 aliphatic rings. The smallest absolute Gasteiger partial charge is 0.352 e. The lowest BCUT2D eigenvalue weighted by Crippen LogP contribution is -2.29. The average molecular weight is 320 g/mol. The van der Waals surface area contributed by atoms with Gasteiger partial charge in [-0.15, -0.1) is 0 Å². The lowest BCUT2D eigenvalue weighted by atomic mass is 10.3. The van der Waals surface area contributed by atoms with E-state index in [1.807, 2.05) is 13.2 Å². The van der Waals surface area contributed by atoms with Crippen LogP contribution in [0.1, 0.15) is 37.3 Å². The van der Waals surface area contributed by atoms with Gasteiger partial charge < -0.3 is 9.67 Å². The molecule has 114 valence electrons. The van der Waals surface area contributed by atoms with E-state index >= 15 is 0 Å². The molecule has 1 aromatic heterocycles. The fourth-order valence-corrected chi connectivity index (χ4v) is 3.10. The average Bonchev–Trinajstić information content (AvgIpc) is 2.82. The van der Waals surface area contributed by atoms with Crippen molar-refractivity contribution in [3.05, 3.63) is 18.0 Å². The number of sulfonamides is 1. The molecule has 2 N–H and O–H groups in total. The normalized spacial score (nSPS) is 13.7. The highest BCUT2D eigenvalue weighted by Gasteiger charge is 2.22. The molecule has 0 aliphatic heterocycles. The van der Waals surface area contributed by atoms with E-state index in [9.17, 15) is 13.2 Å². The summed E-state index contributed by atoms with van der Waals surface area (Å²) in [7, 11) is -3.68. The van der Waals surface area contributed by atoms with Crippen LogP contribution in [0.3, 0.4) is 0 Å². The molecule has 1 atom stereocenters. The fourth-order valence-electron chi connectivity index (χ4n) is 1.59. The molecule has 1 aromatic rings. The predicted molar refractivity (Wildman–Crippen MR) is 79.9 cm³/mol. The summed E-state index contributed by atoms with van der Waals surface area (Å²) in [4.78, 5) is 11.1. The van der Waals surface area contributed by atoms with Crippen LogP contribution in [0.25, 0.3) is 0 Å². The van der Waals surface area contributed by atoms with Gasteiger partial charge in [-0.1, -0.05) is 6.92 Å². The van der Waals surface area contributed by atoms with Crippen LogP contribution in [0.2, 0.25) is 0 Å². The molecule has 0 aliphatic carbocycles. The summed E-state index contributed by atoms with van der Waals surface area (Å²) in [6.45, 7) is 5.81. The number of hydrogen-bond acceptors (Lipinski definition) is 4. The van der Waals surface area contributed by atoms with E-state index in [0.717, 1.165) is 0 Å². The van der Waals surface area contributed by atoms with Gasteiger partial charge in [0, 0.05) is 24.0 Å². The zero-order chi connectivity index (χ0) is 15.5. The highest BCUT2D eigenvalue weighted by atomic mass is 32.2. The zero-order valence-electron chi connectivity index (χ0n) is 12.0. The van der Waals surface area contributed by atoms with Gasteiger partial charge in [0.1, 0.15) is 10.6 Å². The number of hydrogen-bond donors (Lipinski definition) is 2. The van der Waals surface area contributed by atoms with Crippen molar-refractivity contribution < 1.29 is 18.3 Å². The third kappa shape index (κ3) is 4.00. The minimum absolute atomic E-state index is 0.0168. The molecular formula is C12H20N2O4S2. The molecule has 6 nitrogen and oxygen atoms in total. The van der Waals surface area contributed by atoms with Gasteiger partial charge in [-0.3, -0.25) is 0 Å². The van der Waals surface area contributed by atoms with E-state index in [-0.39, 0.29) is 21.9 Å². The second kappa shape index (κ2) is 6.64. The summed E-state index contributed by atoms with van der Waals surface area (Å²) >= 11 is 1.55. The van der Waals surface area contributed by atoms with Crippen LogP contribution in [-0.2, 0) is 10.0 Å². The molecule has 0 saturated heterocycles. The molecule has 0 amide bonds. The minimum Gasteiger partial charge on any atom is -0.477 e. The third-order valence-electron chi connectivity index (χ3n) is 2.87. The Bertz CT molecular complexity index is 578. The summed E-state index contributed by atoms with van der Waals surface area (Å²) in [5.74, 6) is -1.14. The summed E-state index contributed by atoms with van der Waals surface area (Å²) in [5.41, 5.74) is -0.0294. The molecule has 0 spiro atoms. The van der Waals surface area contributed by atoms with E-state index in [0.29, 0.717) is 6.54 Å². The fraction of sp³-hybridized carbons (Fsp3) is 0.583. The Labute approximate surface area is 123 Å². The molecule has 1 rings (SSSR count). The number of carboxylic acid groups (broad SMARTS) is 1. The van der Waals surface area contributed by atoms with Crippen LogP contribution in [-0.4, -0.2) is 42.1 Å². The molecule has 0 bridgehead atoms. The number of thioether (sulfide) groups is 1. The van der Waals surface area contributed by atoms with Crippen molar-refractivity contribution in [3.63, 3.8) is 0 Å². The van der Waals surface area contributed by atoms with E-state index in [1.54, 1.807) is 25.6 Å². The molecule has 20 heavy (non-hydrogen) atoms. The molecule has 8 heteroatoms. The van der Waals surface area contributed by atoms with Gasteiger partial charge in [0.25, 0.3) is 0 Å². The topological polar surface area (TPSA) is 88.4 Å². The van der Waals surface area contributed by atoms with Crippen LogP contribution in [0.15, 0.2) is 17.2 Å². The maximum atomic E-state index is 12.1. The number of nitrogens with one attached hydrogen (secondary N) is 1. The van der Waals surface area contributed by atoms with E-state index < -0.39 is 16.0 Å². The van der Waals surface area contributed by atoms with E-state index in [2.05, 4.69) is 4.72 Å². The van der Waals surface area contributed by atoms with Crippen LogP contribution < -0.4 is 4.72 Å². The maximum absolute atomic E-state index is 12.1. The monoisotopic (exact) mass is 320 g/mol. The van der Waals surface area contributed by atoms with Gasteiger partial charge in [0.15, 0.2) is 0 Å². The van der Waals surface area contributed by atoms with Crippen molar-refractivity contribution >= 4 is 27.8 Å². The number of carboxylic acids is 1. The molecule has 0 fully saturated rings. The third-order valence-corrected chi connectivity index (χ3v) is 5.23. The first-order chi connectivity index (χ1) is 9.19. The Kier molecular flexibility index (Phi) is 5.67. The van der Waals surface area contributed by atoms with Gasteiger partial charge in [-0.2, -0.15) is 11.8 Å². The minimum atomic E-state index is -3.68. The standard InChI is InChI=1S/C12H20N2O4S2/c1-8(2)14-7-10(5-11(14)12(15)16)20(17,18)13-6-9(3)19-4/h5,7-9,13H,6H2,1-4H3,(H,15,16). The van der Waals surface area contributed by atoms with Gasteiger partial charge >= 0.3 is 5.97 Å². The molecule has 0 saturated carbocycles. The molecule has 1 unspecified atom stereocenters. The predicted octanol–water partition coefficient (Wildman–Crippen LogP) is 1.80. The van der Waals surface area contributed by atoms with Crippen molar-refractivity contribution in [3.8, 4) is 0 Å². The summed E-state index contributed by atoms with van der Waals surface area (Å²) in [6.07, 6.45) is 3.26. The van der Waals surface area contributed by atoms with Crippen molar-refractivity contribution in [1.82, 2.24) is 9.29 Å². The Morgan fingerprint density at radius 1 is 1.45 bits per heavy atom. The molecule has 0 aromatic carbocycles. The van der Waals surface area contributed by atoms with Crippen molar-refractivity contribution in [1.29, 1.82) is 0 Å². The Morgan fingerprint density at radius 3 is 2.45 bits per heavy atom. The Balaban J connectivity index is 3.07. The van der Waals surface area contributed by atoms with Gasteiger partial charge in [-0.05, 0) is 26.2 Å². The van der Waals surface area contributed by atoms with E-state index in [4.69, 9.17) is 5.11 Å². The zero-order valence-corrected chi connectivity index (χ0v) is 13.6. The van der Waals surface area contributed by atoms with Gasteiger partial charge in [-0.25, -0.2) is 17.9 Å². The van der Waals surface area contributed by atoms with Gasteiger partial charge in [0.2, 0.25) is 10.0 Å². The highest BCUT2D eigenvalue weighted by molar-refractivity contribution is 7.99. The number of carbonyl (C=O) groups is 1.